The fourth-order valence-electron chi connectivity index (χ4n) is 2.97. The van der Waals surface area contributed by atoms with Gasteiger partial charge in [-0.2, -0.15) is 0 Å². The Morgan fingerprint density at radius 3 is 2.38 bits per heavy atom. The van der Waals surface area contributed by atoms with E-state index in [1.165, 1.54) is 24.3 Å². The molecule has 0 spiro atoms. The van der Waals surface area contributed by atoms with Crippen LogP contribution < -0.4 is 10.2 Å². The van der Waals surface area contributed by atoms with Crippen LogP contribution in [0.1, 0.15) is 41.7 Å². The number of carbonyl (C=O) groups excluding carboxylic acids is 4. The largest absolute Gasteiger partial charge is 0.452 e. The summed E-state index contributed by atoms with van der Waals surface area (Å²) in [5.74, 6) is -1.66. The van der Waals surface area contributed by atoms with Crippen molar-refractivity contribution in [3.63, 3.8) is 0 Å². The van der Waals surface area contributed by atoms with E-state index in [0.29, 0.717) is 10.7 Å². The Kier molecular flexibility index (Phi) is 6.29. The first-order valence-electron chi connectivity index (χ1n) is 9.03. The molecule has 0 bridgehead atoms. The summed E-state index contributed by atoms with van der Waals surface area (Å²) in [6.07, 6.45) is 0.372. The van der Waals surface area contributed by atoms with Crippen LogP contribution in [0, 0.1) is 0 Å². The zero-order valence-corrected chi connectivity index (χ0v) is 16.4. The van der Waals surface area contributed by atoms with Crippen molar-refractivity contribution in [2.75, 3.05) is 11.5 Å². The van der Waals surface area contributed by atoms with Crippen LogP contribution in [0.25, 0.3) is 0 Å². The highest BCUT2D eigenvalue weighted by Crippen LogP contribution is 2.23. The lowest BCUT2D eigenvalue weighted by molar-refractivity contribution is -0.125. The van der Waals surface area contributed by atoms with Crippen LogP contribution in [0.3, 0.4) is 0 Å². The quantitative estimate of drug-likeness (QED) is 0.579. The monoisotopic (exact) mass is 414 g/mol. The van der Waals surface area contributed by atoms with Gasteiger partial charge in [-0.1, -0.05) is 23.7 Å². The summed E-state index contributed by atoms with van der Waals surface area (Å²) in [6, 6.07) is 12.7. The Hall–Kier alpha value is -3.19. The first kappa shape index (κ1) is 20.5. The molecule has 1 aliphatic rings. The highest BCUT2D eigenvalue weighted by atomic mass is 35.5. The van der Waals surface area contributed by atoms with E-state index in [0.717, 1.165) is 10.5 Å². The highest BCUT2D eigenvalue weighted by molar-refractivity contribution is 6.30. The van der Waals surface area contributed by atoms with Crippen molar-refractivity contribution in [3.8, 4) is 0 Å². The minimum Gasteiger partial charge on any atom is -0.452 e. The third-order valence-electron chi connectivity index (χ3n) is 4.47. The normalized spacial score (nSPS) is 14.6. The molecule has 29 heavy (non-hydrogen) atoms. The van der Waals surface area contributed by atoms with E-state index in [1.54, 1.807) is 25.1 Å². The molecule has 0 saturated carbocycles. The van der Waals surface area contributed by atoms with E-state index in [2.05, 4.69) is 5.32 Å². The topological polar surface area (TPSA) is 92.8 Å². The zero-order chi connectivity index (χ0) is 21.0. The molecule has 1 atom stereocenters. The maximum Gasteiger partial charge on any atom is 0.338 e. The van der Waals surface area contributed by atoms with Crippen LogP contribution in [0.2, 0.25) is 5.02 Å². The number of rotatable bonds is 6. The predicted molar refractivity (Wildman–Crippen MR) is 106 cm³/mol. The molecule has 0 aromatic heterocycles. The maximum absolute atomic E-state index is 12.1. The highest BCUT2D eigenvalue weighted by Gasteiger charge is 2.30. The average Bonchev–Trinajstić information content (AvgIpc) is 3.04. The lowest BCUT2D eigenvalue weighted by Crippen LogP contribution is -2.31. The molecule has 0 aliphatic carbocycles. The first-order valence-corrected chi connectivity index (χ1v) is 9.41. The van der Waals surface area contributed by atoms with Crippen LogP contribution in [0.4, 0.5) is 5.69 Å². The molecular formula is C21H19ClN2O5. The number of carbonyl (C=O) groups is 4. The molecule has 0 radical (unpaired) electrons. The Bertz CT molecular complexity index is 942. The van der Waals surface area contributed by atoms with Gasteiger partial charge in [0.25, 0.3) is 5.91 Å². The van der Waals surface area contributed by atoms with Crippen LogP contribution >= 0.6 is 11.6 Å². The molecule has 1 N–H and O–H groups in total. The van der Waals surface area contributed by atoms with E-state index < -0.39 is 18.5 Å². The van der Waals surface area contributed by atoms with Gasteiger partial charge in [0, 0.05) is 17.9 Å². The average molecular weight is 415 g/mol. The number of nitrogens with zero attached hydrogens (tertiary/aromatic N) is 1. The Labute approximate surface area is 172 Å². The van der Waals surface area contributed by atoms with Crippen molar-refractivity contribution >= 4 is 41.0 Å². The second-order valence-corrected chi connectivity index (χ2v) is 7.03. The number of hydrogen-bond donors (Lipinski definition) is 1. The Morgan fingerprint density at radius 2 is 1.76 bits per heavy atom. The lowest BCUT2D eigenvalue weighted by Gasteiger charge is -2.15. The number of hydrogen-bond acceptors (Lipinski definition) is 5. The number of amides is 3. The fraction of sp³-hybridized carbons (Fsp3) is 0.238. The maximum atomic E-state index is 12.1. The molecule has 1 aliphatic heterocycles. The molecule has 150 valence electrons. The van der Waals surface area contributed by atoms with Crippen LogP contribution in [-0.2, 0) is 19.1 Å². The summed E-state index contributed by atoms with van der Waals surface area (Å²) in [4.78, 5) is 48.8. The van der Waals surface area contributed by atoms with E-state index in [1.807, 2.05) is 6.07 Å². The van der Waals surface area contributed by atoms with Gasteiger partial charge in [0.15, 0.2) is 6.61 Å². The predicted octanol–water partition coefficient (Wildman–Crippen LogP) is 3.03. The Morgan fingerprint density at radius 1 is 1.10 bits per heavy atom. The van der Waals surface area contributed by atoms with Gasteiger partial charge in [-0.15, -0.1) is 0 Å². The van der Waals surface area contributed by atoms with E-state index in [9.17, 15) is 19.2 Å². The number of imide groups is 1. The fourth-order valence-corrected chi connectivity index (χ4v) is 3.17. The minimum absolute atomic E-state index is 0.186. The van der Waals surface area contributed by atoms with Crippen LogP contribution in [0.5, 0.6) is 0 Å². The van der Waals surface area contributed by atoms with Gasteiger partial charge >= 0.3 is 5.97 Å². The zero-order valence-electron chi connectivity index (χ0n) is 15.7. The van der Waals surface area contributed by atoms with Gasteiger partial charge in [-0.3, -0.25) is 19.3 Å². The number of anilines is 1. The minimum atomic E-state index is -0.679. The van der Waals surface area contributed by atoms with Crippen molar-refractivity contribution in [2.24, 2.45) is 0 Å². The smallest absolute Gasteiger partial charge is 0.338 e. The SMILES string of the molecule is C[C@@H](NC(=O)COC(=O)c1ccc(N2C(=O)CCC2=O)cc1)c1cccc(Cl)c1. The van der Waals surface area contributed by atoms with Crippen molar-refractivity contribution in [1.29, 1.82) is 0 Å². The molecule has 3 amide bonds. The molecule has 8 heteroatoms. The van der Waals surface area contributed by atoms with Crippen molar-refractivity contribution in [1.82, 2.24) is 5.32 Å². The first-order chi connectivity index (χ1) is 13.8. The third kappa shape index (κ3) is 5.00. The molecule has 1 heterocycles. The standard InChI is InChI=1S/C21H19ClN2O5/c1-13(15-3-2-4-16(22)11-15)23-18(25)12-29-21(28)14-5-7-17(8-6-14)24-19(26)9-10-20(24)27/h2-8,11,13H,9-10,12H2,1H3,(H,23,25)/t13-/m1/s1. The van der Waals surface area contributed by atoms with Gasteiger partial charge < -0.3 is 10.1 Å². The molecule has 3 rings (SSSR count). The summed E-state index contributed by atoms with van der Waals surface area (Å²) in [5, 5.41) is 3.30. The number of halogens is 1. The van der Waals surface area contributed by atoms with E-state index in [4.69, 9.17) is 16.3 Å². The van der Waals surface area contributed by atoms with E-state index in [-0.39, 0.29) is 36.3 Å². The summed E-state index contributed by atoms with van der Waals surface area (Å²) in [5.41, 5.74) is 1.45. The summed E-state index contributed by atoms with van der Waals surface area (Å²) in [6.45, 7) is 1.36. The molecule has 0 unspecified atom stereocenters. The van der Waals surface area contributed by atoms with Gasteiger partial charge in [-0.05, 0) is 48.9 Å². The number of benzene rings is 2. The molecule has 1 fully saturated rings. The van der Waals surface area contributed by atoms with Gasteiger partial charge in [-0.25, -0.2) is 4.79 Å². The summed E-state index contributed by atoms with van der Waals surface area (Å²) in [7, 11) is 0. The second-order valence-electron chi connectivity index (χ2n) is 6.59. The van der Waals surface area contributed by atoms with Crippen molar-refractivity contribution in [2.45, 2.75) is 25.8 Å². The summed E-state index contributed by atoms with van der Waals surface area (Å²) < 4.78 is 5.03. The number of nitrogens with one attached hydrogen (secondary N) is 1. The van der Waals surface area contributed by atoms with Crippen LogP contribution in [0.15, 0.2) is 48.5 Å². The molecular weight excluding hydrogens is 396 g/mol. The lowest BCUT2D eigenvalue weighted by atomic mass is 10.1. The van der Waals surface area contributed by atoms with Gasteiger partial charge in [0.2, 0.25) is 11.8 Å². The molecule has 1 saturated heterocycles. The number of ether oxygens (including phenoxy) is 1. The molecule has 2 aromatic carbocycles. The van der Waals surface area contributed by atoms with Gasteiger partial charge in [0.1, 0.15) is 0 Å². The van der Waals surface area contributed by atoms with Gasteiger partial charge in [0.05, 0.1) is 17.3 Å². The van der Waals surface area contributed by atoms with Crippen molar-refractivity contribution in [3.05, 3.63) is 64.7 Å². The Balaban J connectivity index is 1.53. The van der Waals surface area contributed by atoms with Crippen molar-refractivity contribution < 1.29 is 23.9 Å². The molecule has 2 aromatic rings. The summed E-state index contributed by atoms with van der Waals surface area (Å²) >= 11 is 5.94. The molecule has 7 nitrogen and oxygen atoms in total. The van der Waals surface area contributed by atoms with Crippen LogP contribution in [-0.4, -0.2) is 30.3 Å². The second kappa shape index (κ2) is 8.87. The third-order valence-corrected chi connectivity index (χ3v) is 4.71. The number of esters is 1. The van der Waals surface area contributed by atoms with E-state index >= 15 is 0 Å².